The molecule has 2 rings (SSSR count). The minimum atomic E-state index is -0.0716. The van der Waals surface area contributed by atoms with Crippen LogP contribution in [0.4, 0.5) is 0 Å². The SMILES string of the molecule is COCc1cc(=O)n(-c2cccc(C)c2)[nH]1. The van der Waals surface area contributed by atoms with E-state index in [1.54, 1.807) is 13.2 Å². The van der Waals surface area contributed by atoms with Crippen LogP contribution in [0.3, 0.4) is 0 Å². The molecule has 0 fully saturated rings. The first-order valence-electron chi connectivity index (χ1n) is 5.07. The number of hydrogen-bond donors (Lipinski definition) is 1. The van der Waals surface area contributed by atoms with Gasteiger partial charge in [0.25, 0.3) is 5.56 Å². The fourth-order valence-electron chi connectivity index (χ4n) is 1.63. The summed E-state index contributed by atoms with van der Waals surface area (Å²) in [5.41, 5.74) is 2.66. The lowest BCUT2D eigenvalue weighted by Crippen LogP contribution is -2.13. The number of benzene rings is 1. The molecule has 0 saturated carbocycles. The Morgan fingerprint density at radius 3 is 2.88 bits per heavy atom. The van der Waals surface area contributed by atoms with E-state index < -0.39 is 0 Å². The summed E-state index contributed by atoms with van der Waals surface area (Å²) in [6.45, 7) is 2.40. The molecule has 0 radical (unpaired) electrons. The maximum atomic E-state index is 11.7. The van der Waals surface area contributed by atoms with Gasteiger partial charge in [0.15, 0.2) is 0 Å². The number of ether oxygens (including phenoxy) is 1. The smallest absolute Gasteiger partial charge is 0.271 e. The Labute approximate surface area is 93.5 Å². The van der Waals surface area contributed by atoms with Crippen LogP contribution in [-0.2, 0) is 11.3 Å². The van der Waals surface area contributed by atoms with Gasteiger partial charge in [-0.2, -0.15) is 0 Å². The molecule has 0 aliphatic heterocycles. The van der Waals surface area contributed by atoms with Gasteiger partial charge >= 0.3 is 0 Å². The molecule has 1 aromatic heterocycles. The molecule has 1 aromatic carbocycles. The average Bonchev–Trinajstić information content (AvgIpc) is 2.60. The second kappa shape index (κ2) is 4.37. The summed E-state index contributed by atoms with van der Waals surface area (Å²) >= 11 is 0. The van der Waals surface area contributed by atoms with E-state index in [0.29, 0.717) is 6.61 Å². The van der Waals surface area contributed by atoms with E-state index in [2.05, 4.69) is 5.10 Å². The van der Waals surface area contributed by atoms with Crippen molar-refractivity contribution in [2.45, 2.75) is 13.5 Å². The third-order valence-electron chi connectivity index (χ3n) is 2.33. The van der Waals surface area contributed by atoms with E-state index in [0.717, 1.165) is 16.9 Å². The van der Waals surface area contributed by atoms with Crippen molar-refractivity contribution in [1.82, 2.24) is 9.78 Å². The molecular weight excluding hydrogens is 204 g/mol. The first-order chi connectivity index (χ1) is 7.70. The molecule has 0 amide bonds. The summed E-state index contributed by atoms with van der Waals surface area (Å²) in [6.07, 6.45) is 0. The minimum Gasteiger partial charge on any atom is -0.378 e. The Morgan fingerprint density at radius 1 is 1.38 bits per heavy atom. The van der Waals surface area contributed by atoms with Crippen molar-refractivity contribution in [3.05, 3.63) is 51.9 Å². The molecule has 0 unspecified atom stereocenters. The Hall–Kier alpha value is -1.81. The van der Waals surface area contributed by atoms with Gasteiger partial charge in [0.2, 0.25) is 0 Å². The molecule has 0 spiro atoms. The molecule has 84 valence electrons. The molecule has 0 aliphatic rings. The fourth-order valence-corrected chi connectivity index (χ4v) is 1.63. The van der Waals surface area contributed by atoms with Gasteiger partial charge in [-0.05, 0) is 24.6 Å². The van der Waals surface area contributed by atoms with Crippen LogP contribution in [-0.4, -0.2) is 16.9 Å². The molecule has 16 heavy (non-hydrogen) atoms. The summed E-state index contributed by atoms with van der Waals surface area (Å²) in [7, 11) is 1.60. The minimum absolute atomic E-state index is 0.0716. The summed E-state index contributed by atoms with van der Waals surface area (Å²) in [5, 5.41) is 3.01. The van der Waals surface area contributed by atoms with Gasteiger partial charge < -0.3 is 4.74 Å². The van der Waals surface area contributed by atoms with Crippen LogP contribution in [0, 0.1) is 6.92 Å². The quantitative estimate of drug-likeness (QED) is 0.851. The Balaban J connectivity index is 2.44. The molecule has 2 aromatic rings. The van der Waals surface area contributed by atoms with Crippen LogP contribution in [0.1, 0.15) is 11.3 Å². The van der Waals surface area contributed by atoms with Crippen LogP contribution >= 0.6 is 0 Å². The predicted molar refractivity (Wildman–Crippen MR) is 61.8 cm³/mol. The molecule has 0 atom stereocenters. The van der Waals surface area contributed by atoms with Gasteiger partial charge in [-0.3, -0.25) is 9.89 Å². The molecule has 1 N–H and O–H groups in total. The monoisotopic (exact) mass is 218 g/mol. The van der Waals surface area contributed by atoms with E-state index in [9.17, 15) is 4.79 Å². The molecule has 1 heterocycles. The number of nitrogens with one attached hydrogen (secondary N) is 1. The lowest BCUT2D eigenvalue weighted by molar-refractivity contribution is 0.181. The van der Waals surface area contributed by atoms with Crippen molar-refractivity contribution in [2.24, 2.45) is 0 Å². The third kappa shape index (κ3) is 2.06. The zero-order valence-electron chi connectivity index (χ0n) is 9.36. The number of aromatic nitrogens is 2. The summed E-state index contributed by atoms with van der Waals surface area (Å²) in [5.74, 6) is 0. The van der Waals surface area contributed by atoms with Gasteiger partial charge in [-0.25, -0.2) is 4.68 Å². The molecule has 0 aliphatic carbocycles. The lowest BCUT2D eigenvalue weighted by atomic mass is 10.2. The van der Waals surface area contributed by atoms with Crippen LogP contribution in [0.5, 0.6) is 0 Å². The standard InChI is InChI=1S/C12H14N2O2/c1-9-4-3-5-11(6-9)14-12(15)7-10(13-14)8-16-2/h3-7,13H,8H2,1-2H3. The number of hydrogen-bond acceptors (Lipinski definition) is 2. The second-order valence-electron chi connectivity index (χ2n) is 3.73. The molecule has 4 nitrogen and oxygen atoms in total. The van der Waals surface area contributed by atoms with Gasteiger partial charge in [-0.1, -0.05) is 12.1 Å². The van der Waals surface area contributed by atoms with E-state index in [1.807, 2.05) is 31.2 Å². The van der Waals surface area contributed by atoms with Gasteiger partial charge in [0.1, 0.15) is 0 Å². The number of aromatic amines is 1. The number of aryl methyl sites for hydroxylation is 1. The highest BCUT2D eigenvalue weighted by Gasteiger charge is 2.04. The van der Waals surface area contributed by atoms with Gasteiger partial charge in [0.05, 0.1) is 18.0 Å². The maximum Gasteiger partial charge on any atom is 0.271 e. The van der Waals surface area contributed by atoms with Crippen LogP contribution in [0.25, 0.3) is 5.69 Å². The van der Waals surface area contributed by atoms with Crippen LogP contribution in [0.15, 0.2) is 35.1 Å². The van der Waals surface area contributed by atoms with E-state index in [4.69, 9.17) is 4.74 Å². The zero-order chi connectivity index (χ0) is 11.5. The topological polar surface area (TPSA) is 47.0 Å². The van der Waals surface area contributed by atoms with Crippen molar-refractivity contribution in [2.75, 3.05) is 7.11 Å². The van der Waals surface area contributed by atoms with Gasteiger partial charge in [-0.15, -0.1) is 0 Å². The third-order valence-corrected chi connectivity index (χ3v) is 2.33. The number of H-pyrrole nitrogens is 1. The summed E-state index contributed by atoms with van der Waals surface area (Å²) < 4.78 is 6.49. The first-order valence-corrected chi connectivity index (χ1v) is 5.07. The molecule has 4 heteroatoms. The van der Waals surface area contributed by atoms with Crippen LogP contribution in [0.2, 0.25) is 0 Å². The average molecular weight is 218 g/mol. The molecular formula is C12H14N2O2. The van der Waals surface area contributed by atoms with Crippen molar-refractivity contribution in [3.63, 3.8) is 0 Å². The van der Waals surface area contributed by atoms with Crippen LogP contribution < -0.4 is 5.56 Å². The summed E-state index contributed by atoms with van der Waals surface area (Å²) in [6, 6.07) is 9.31. The van der Waals surface area contributed by atoms with Crippen molar-refractivity contribution < 1.29 is 4.74 Å². The second-order valence-corrected chi connectivity index (χ2v) is 3.73. The Bertz CT molecular complexity index is 540. The lowest BCUT2D eigenvalue weighted by Gasteiger charge is -2.02. The van der Waals surface area contributed by atoms with E-state index in [-0.39, 0.29) is 5.56 Å². The van der Waals surface area contributed by atoms with Crippen molar-refractivity contribution in [1.29, 1.82) is 0 Å². The zero-order valence-corrected chi connectivity index (χ0v) is 9.36. The number of methoxy groups -OCH3 is 1. The van der Waals surface area contributed by atoms with E-state index in [1.165, 1.54) is 4.68 Å². The maximum absolute atomic E-state index is 11.7. The largest absolute Gasteiger partial charge is 0.378 e. The predicted octanol–water partition coefficient (Wildman–Crippen LogP) is 1.62. The highest BCUT2D eigenvalue weighted by molar-refractivity contribution is 5.34. The normalized spacial score (nSPS) is 10.6. The summed E-state index contributed by atoms with van der Waals surface area (Å²) in [4.78, 5) is 11.7. The number of rotatable bonds is 3. The van der Waals surface area contributed by atoms with Crippen molar-refractivity contribution in [3.8, 4) is 5.69 Å². The fraction of sp³-hybridized carbons (Fsp3) is 0.250. The number of nitrogens with zero attached hydrogens (tertiary/aromatic N) is 1. The highest BCUT2D eigenvalue weighted by atomic mass is 16.5. The Morgan fingerprint density at radius 2 is 2.19 bits per heavy atom. The van der Waals surface area contributed by atoms with Crippen molar-refractivity contribution >= 4 is 0 Å². The Kier molecular flexibility index (Phi) is 2.92. The first kappa shape index (κ1) is 10.7. The van der Waals surface area contributed by atoms with Gasteiger partial charge in [0, 0.05) is 13.2 Å². The van der Waals surface area contributed by atoms with E-state index >= 15 is 0 Å². The molecule has 0 saturated heterocycles. The highest BCUT2D eigenvalue weighted by Crippen LogP contribution is 2.07. The molecule has 0 bridgehead atoms.